The maximum absolute atomic E-state index is 9.07. The summed E-state index contributed by atoms with van der Waals surface area (Å²) in [5.74, 6) is 0. The van der Waals surface area contributed by atoms with Gasteiger partial charge in [-0.3, -0.25) is 0 Å². The standard InChI is InChI=1S/C5H9IO3/c6-5-1-3(8)4(2-7)9-5/h3-5,7-8H,1-2H2/t3-,4+,5+/m1/s1. The van der Waals surface area contributed by atoms with E-state index in [1.807, 2.05) is 0 Å². The first-order valence-corrected chi connectivity index (χ1v) is 4.07. The predicted octanol–water partition coefficient (Wildman–Crippen LogP) is -0.110. The van der Waals surface area contributed by atoms with E-state index in [1.165, 1.54) is 0 Å². The van der Waals surface area contributed by atoms with Crippen molar-refractivity contribution in [3.63, 3.8) is 0 Å². The average molecular weight is 244 g/mol. The molecular weight excluding hydrogens is 235 g/mol. The minimum Gasteiger partial charge on any atom is -0.394 e. The Kier molecular flexibility index (Phi) is 2.69. The molecule has 1 saturated heterocycles. The summed E-state index contributed by atoms with van der Waals surface area (Å²) in [5, 5.41) is 17.6. The third kappa shape index (κ3) is 1.76. The quantitative estimate of drug-likeness (QED) is 0.499. The van der Waals surface area contributed by atoms with Crippen LogP contribution in [-0.4, -0.2) is 33.1 Å². The topological polar surface area (TPSA) is 49.7 Å². The molecule has 0 aromatic rings. The van der Waals surface area contributed by atoms with E-state index in [-0.39, 0.29) is 16.8 Å². The molecule has 3 atom stereocenters. The number of aliphatic hydroxyl groups excluding tert-OH is 2. The molecule has 0 aromatic heterocycles. The number of hydrogen-bond donors (Lipinski definition) is 2. The highest BCUT2D eigenvalue weighted by atomic mass is 127. The van der Waals surface area contributed by atoms with Crippen LogP contribution < -0.4 is 0 Å². The van der Waals surface area contributed by atoms with Crippen LogP contribution in [0.1, 0.15) is 6.42 Å². The molecule has 4 heteroatoms. The molecule has 0 aliphatic carbocycles. The fraction of sp³-hybridized carbons (Fsp3) is 1.00. The Hall–Kier alpha value is 0.610. The van der Waals surface area contributed by atoms with Crippen molar-refractivity contribution < 1.29 is 14.9 Å². The molecule has 0 radical (unpaired) electrons. The van der Waals surface area contributed by atoms with Gasteiger partial charge in [-0.2, -0.15) is 0 Å². The second-order valence-electron chi connectivity index (χ2n) is 2.07. The Bertz CT molecular complexity index is 98.2. The Morgan fingerprint density at radius 2 is 2.33 bits per heavy atom. The van der Waals surface area contributed by atoms with Gasteiger partial charge in [-0.05, 0) is 0 Å². The number of halogens is 1. The summed E-state index contributed by atoms with van der Waals surface area (Å²) in [4.78, 5) is 0. The van der Waals surface area contributed by atoms with Crippen molar-refractivity contribution in [2.75, 3.05) is 6.61 Å². The van der Waals surface area contributed by atoms with Gasteiger partial charge in [-0.25, -0.2) is 0 Å². The number of hydrogen-bond acceptors (Lipinski definition) is 3. The van der Waals surface area contributed by atoms with Crippen LogP contribution in [0.15, 0.2) is 0 Å². The first-order valence-electron chi connectivity index (χ1n) is 2.82. The number of aliphatic hydroxyl groups is 2. The first-order chi connectivity index (χ1) is 4.24. The third-order valence-electron chi connectivity index (χ3n) is 1.36. The van der Waals surface area contributed by atoms with Gasteiger partial charge in [0.15, 0.2) is 0 Å². The summed E-state index contributed by atoms with van der Waals surface area (Å²) < 4.78 is 5.17. The summed E-state index contributed by atoms with van der Waals surface area (Å²) >= 11 is 2.09. The zero-order valence-corrected chi connectivity index (χ0v) is 6.98. The van der Waals surface area contributed by atoms with E-state index >= 15 is 0 Å². The van der Waals surface area contributed by atoms with Gasteiger partial charge in [0.25, 0.3) is 0 Å². The van der Waals surface area contributed by atoms with Gasteiger partial charge in [0.1, 0.15) is 10.2 Å². The van der Waals surface area contributed by atoms with Crippen molar-refractivity contribution in [1.29, 1.82) is 0 Å². The molecule has 0 bridgehead atoms. The molecule has 2 N–H and O–H groups in total. The van der Waals surface area contributed by atoms with Crippen molar-refractivity contribution >= 4 is 22.6 Å². The van der Waals surface area contributed by atoms with Crippen LogP contribution in [-0.2, 0) is 4.74 Å². The largest absolute Gasteiger partial charge is 0.394 e. The lowest BCUT2D eigenvalue weighted by molar-refractivity contribution is 0.000473. The van der Waals surface area contributed by atoms with Gasteiger partial charge in [0, 0.05) is 6.42 Å². The second kappa shape index (κ2) is 3.14. The van der Waals surface area contributed by atoms with Crippen LogP contribution in [0.2, 0.25) is 0 Å². The summed E-state index contributed by atoms with van der Waals surface area (Å²) in [5.41, 5.74) is 0. The lowest BCUT2D eigenvalue weighted by atomic mass is 10.2. The lowest BCUT2D eigenvalue weighted by Gasteiger charge is -2.08. The van der Waals surface area contributed by atoms with Crippen LogP contribution in [0.4, 0.5) is 0 Å². The highest BCUT2D eigenvalue weighted by Gasteiger charge is 2.31. The van der Waals surface area contributed by atoms with Crippen molar-refractivity contribution in [2.24, 2.45) is 0 Å². The van der Waals surface area contributed by atoms with Gasteiger partial charge in [0.2, 0.25) is 0 Å². The van der Waals surface area contributed by atoms with Gasteiger partial charge in [0.05, 0.1) is 12.7 Å². The number of ether oxygens (including phenoxy) is 1. The molecule has 0 spiro atoms. The maximum Gasteiger partial charge on any atom is 0.112 e. The fourth-order valence-corrected chi connectivity index (χ4v) is 1.74. The molecule has 3 nitrogen and oxygen atoms in total. The minimum atomic E-state index is -0.475. The van der Waals surface area contributed by atoms with E-state index in [2.05, 4.69) is 22.6 Å². The minimum absolute atomic E-state index is 0.0646. The summed E-state index contributed by atoms with van der Waals surface area (Å²) in [6.07, 6.45) is -0.199. The molecule has 1 fully saturated rings. The van der Waals surface area contributed by atoms with Crippen LogP contribution in [0.25, 0.3) is 0 Å². The van der Waals surface area contributed by atoms with E-state index in [0.29, 0.717) is 6.42 Å². The first kappa shape index (κ1) is 7.71. The van der Waals surface area contributed by atoms with Gasteiger partial charge in [-0.1, -0.05) is 22.6 Å². The Balaban J connectivity index is 2.38. The Morgan fingerprint density at radius 3 is 2.56 bits per heavy atom. The fourth-order valence-electron chi connectivity index (χ4n) is 0.842. The SMILES string of the molecule is OC[C@@H]1O[C@H](I)C[C@H]1O. The highest BCUT2D eigenvalue weighted by molar-refractivity contribution is 14.1. The van der Waals surface area contributed by atoms with Crippen LogP contribution in [0, 0.1) is 0 Å². The Morgan fingerprint density at radius 1 is 1.67 bits per heavy atom. The van der Waals surface area contributed by atoms with Gasteiger partial charge >= 0.3 is 0 Å². The summed E-state index contributed by atoms with van der Waals surface area (Å²) in [6.45, 7) is -0.0827. The number of alkyl halides is 1. The molecule has 0 saturated carbocycles. The smallest absolute Gasteiger partial charge is 0.112 e. The van der Waals surface area contributed by atoms with Gasteiger partial charge < -0.3 is 14.9 Å². The normalized spacial score (nSPS) is 43.7. The lowest BCUT2D eigenvalue weighted by Crippen LogP contribution is -2.24. The molecule has 1 heterocycles. The molecule has 1 aliphatic heterocycles. The van der Waals surface area contributed by atoms with E-state index in [4.69, 9.17) is 14.9 Å². The van der Waals surface area contributed by atoms with E-state index < -0.39 is 6.10 Å². The molecule has 0 amide bonds. The van der Waals surface area contributed by atoms with E-state index in [9.17, 15) is 0 Å². The highest BCUT2D eigenvalue weighted by Crippen LogP contribution is 2.24. The van der Waals surface area contributed by atoms with Crippen LogP contribution >= 0.6 is 22.6 Å². The van der Waals surface area contributed by atoms with Crippen molar-refractivity contribution in [3.8, 4) is 0 Å². The molecule has 0 aromatic carbocycles. The Labute approximate surface area is 67.2 Å². The summed E-state index contributed by atoms with van der Waals surface area (Å²) in [7, 11) is 0. The monoisotopic (exact) mass is 244 g/mol. The summed E-state index contributed by atoms with van der Waals surface area (Å²) in [6, 6.07) is 0. The molecule has 0 unspecified atom stereocenters. The van der Waals surface area contributed by atoms with Gasteiger partial charge in [-0.15, -0.1) is 0 Å². The second-order valence-corrected chi connectivity index (χ2v) is 3.46. The third-order valence-corrected chi connectivity index (χ3v) is 2.16. The molecular formula is C5H9IO3. The van der Waals surface area contributed by atoms with Crippen molar-refractivity contribution in [2.45, 2.75) is 22.7 Å². The van der Waals surface area contributed by atoms with Crippen molar-refractivity contribution in [3.05, 3.63) is 0 Å². The molecule has 1 aliphatic rings. The van der Waals surface area contributed by atoms with E-state index in [0.717, 1.165) is 0 Å². The molecule has 9 heavy (non-hydrogen) atoms. The molecule has 1 rings (SSSR count). The zero-order valence-electron chi connectivity index (χ0n) is 4.83. The average Bonchev–Trinajstić information content (AvgIpc) is 2.10. The zero-order chi connectivity index (χ0) is 6.85. The predicted molar refractivity (Wildman–Crippen MR) is 40.4 cm³/mol. The maximum atomic E-state index is 9.07. The van der Waals surface area contributed by atoms with E-state index in [1.54, 1.807) is 0 Å². The van der Waals surface area contributed by atoms with Crippen molar-refractivity contribution in [1.82, 2.24) is 0 Å². The number of rotatable bonds is 1. The van der Waals surface area contributed by atoms with Crippen LogP contribution in [0.3, 0.4) is 0 Å². The molecule has 54 valence electrons. The van der Waals surface area contributed by atoms with Crippen LogP contribution in [0.5, 0.6) is 0 Å².